The Morgan fingerprint density at radius 2 is 2.05 bits per heavy atom. The number of aromatic nitrogens is 2. The molecule has 0 bridgehead atoms. The van der Waals surface area contributed by atoms with E-state index in [9.17, 15) is 4.79 Å². The number of rotatable bonds is 5. The van der Waals surface area contributed by atoms with Crippen molar-refractivity contribution in [1.29, 1.82) is 0 Å². The van der Waals surface area contributed by atoms with Gasteiger partial charge in [0.25, 0.3) is 0 Å². The van der Waals surface area contributed by atoms with Crippen molar-refractivity contribution < 1.29 is 4.79 Å². The predicted molar refractivity (Wildman–Crippen MR) is 83.2 cm³/mol. The van der Waals surface area contributed by atoms with Gasteiger partial charge in [-0.2, -0.15) is 0 Å². The number of nitrogens with two attached hydrogens (primary N) is 1. The summed E-state index contributed by atoms with van der Waals surface area (Å²) in [6, 6.07) is 7.86. The fourth-order valence-corrected chi connectivity index (χ4v) is 2.45. The Morgan fingerprint density at radius 1 is 1.33 bits per heavy atom. The van der Waals surface area contributed by atoms with Crippen LogP contribution in [0.1, 0.15) is 35.2 Å². The van der Waals surface area contributed by atoms with Gasteiger partial charge in [0.1, 0.15) is 0 Å². The van der Waals surface area contributed by atoms with Gasteiger partial charge in [0, 0.05) is 11.9 Å². The number of carbonyl (C=O) groups is 1. The molecule has 0 aliphatic heterocycles. The molecule has 1 heterocycles. The molecule has 1 aromatic heterocycles. The number of hydrogen-bond acceptors (Lipinski definition) is 3. The molecular weight excluding hydrogens is 286 g/mol. The maximum atomic E-state index is 11.4. The second-order valence-electron chi connectivity index (χ2n) is 5.09. The van der Waals surface area contributed by atoms with Gasteiger partial charge in [-0.25, -0.2) is 9.97 Å². The third kappa shape index (κ3) is 3.79. The van der Waals surface area contributed by atoms with E-state index < -0.39 is 0 Å². The molecule has 1 unspecified atom stereocenters. The molecule has 0 fully saturated rings. The van der Waals surface area contributed by atoms with Crippen LogP contribution < -0.4 is 5.73 Å². The van der Waals surface area contributed by atoms with Crippen molar-refractivity contribution in [2.24, 2.45) is 5.73 Å². The van der Waals surface area contributed by atoms with Crippen LogP contribution in [-0.4, -0.2) is 15.9 Å². The third-order valence-corrected chi connectivity index (χ3v) is 3.81. The van der Waals surface area contributed by atoms with Crippen molar-refractivity contribution in [3.63, 3.8) is 0 Å². The van der Waals surface area contributed by atoms with E-state index in [0.29, 0.717) is 0 Å². The van der Waals surface area contributed by atoms with Crippen LogP contribution in [0.25, 0.3) is 0 Å². The number of aryl methyl sites for hydroxylation is 3. The lowest BCUT2D eigenvalue weighted by Crippen LogP contribution is -2.20. The lowest BCUT2D eigenvalue weighted by Gasteiger charge is -2.14. The van der Waals surface area contributed by atoms with Crippen LogP contribution in [-0.2, 0) is 17.6 Å². The first-order chi connectivity index (χ1) is 9.99. The summed E-state index contributed by atoms with van der Waals surface area (Å²) >= 11 is 5.84. The van der Waals surface area contributed by atoms with E-state index in [1.165, 1.54) is 0 Å². The van der Waals surface area contributed by atoms with Crippen LogP contribution in [0.4, 0.5) is 0 Å². The Kier molecular flexibility index (Phi) is 4.91. The van der Waals surface area contributed by atoms with E-state index in [1.54, 1.807) is 6.20 Å². The molecule has 2 N–H and O–H groups in total. The van der Waals surface area contributed by atoms with Gasteiger partial charge in [-0.1, -0.05) is 24.3 Å². The Morgan fingerprint density at radius 3 is 2.76 bits per heavy atom. The molecule has 2 rings (SSSR count). The standard InChI is InChI=1S/C16H18ClN3O/c1-10-9-19-16(17)20-14(10)8-7-12-5-3-4-6-13(12)11(2)15(18)21/h3-6,9,11H,7-8H2,1-2H3,(H2,18,21). The number of amides is 1. The fraction of sp³-hybridized carbons (Fsp3) is 0.312. The zero-order chi connectivity index (χ0) is 15.4. The summed E-state index contributed by atoms with van der Waals surface area (Å²) in [6.45, 7) is 3.79. The minimum Gasteiger partial charge on any atom is -0.369 e. The van der Waals surface area contributed by atoms with Crippen LogP contribution in [0.3, 0.4) is 0 Å². The van der Waals surface area contributed by atoms with E-state index >= 15 is 0 Å². The van der Waals surface area contributed by atoms with Crippen LogP contribution >= 0.6 is 11.6 Å². The van der Waals surface area contributed by atoms with Crippen molar-refractivity contribution in [2.45, 2.75) is 32.6 Å². The van der Waals surface area contributed by atoms with Gasteiger partial charge < -0.3 is 5.73 Å². The first-order valence-electron chi connectivity index (χ1n) is 6.84. The summed E-state index contributed by atoms with van der Waals surface area (Å²) < 4.78 is 0. The number of benzene rings is 1. The maximum Gasteiger partial charge on any atom is 0.224 e. The minimum atomic E-state index is -0.316. The molecule has 110 valence electrons. The van der Waals surface area contributed by atoms with E-state index in [-0.39, 0.29) is 17.1 Å². The number of hydrogen-bond donors (Lipinski definition) is 1. The molecule has 1 atom stereocenters. The Labute approximate surface area is 129 Å². The number of halogens is 1. The molecule has 0 saturated heterocycles. The Hall–Kier alpha value is -1.94. The highest BCUT2D eigenvalue weighted by atomic mass is 35.5. The quantitative estimate of drug-likeness (QED) is 0.864. The van der Waals surface area contributed by atoms with Crippen molar-refractivity contribution in [3.05, 3.63) is 58.1 Å². The zero-order valence-electron chi connectivity index (χ0n) is 12.1. The van der Waals surface area contributed by atoms with Crippen LogP contribution in [0, 0.1) is 6.92 Å². The normalized spacial score (nSPS) is 12.1. The first-order valence-corrected chi connectivity index (χ1v) is 7.22. The lowest BCUT2D eigenvalue weighted by molar-refractivity contribution is -0.119. The smallest absolute Gasteiger partial charge is 0.224 e. The van der Waals surface area contributed by atoms with Gasteiger partial charge in [-0.05, 0) is 55.0 Å². The van der Waals surface area contributed by atoms with E-state index in [1.807, 2.05) is 38.1 Å². The van der Waals surface area contributed by atoms with Crippen molar-refractivity contribution in [2.75, 3.05) is 0 Å². The summed E-state index contributed by atoms with van der Waals surface area (Å²) in [4.78, 5) is 19.6. The van der Waals surface area contributed by atoms with Crippen molar-refractivity contribution in [1.82, 2.24) is 9.97 Å². The van der Waals surface area contributed by atoms with Gasteiger partial charge >= 0.3 is 0 Å². The van der Waals surface area contributed by atoms with E-state index in [2.05, 4.69) is 9.97 Å². The minimum absolute atomic E-state index is 0.259. The highest BCUT2D eigenvalue weighted by Crippen LogP contribution is 2.21. The number of primary amides is 1. The van der Waals surface area contributed by atoms with Gasteiger partial charge in [-0.15, -0.1) is 0 Å². The molecule has 21 heavy (non-hydrogen) atoms. The fourth-order valence-electron chi connectivity index (χ4n) is 2.30. The molecule has 1 amide bonds. The molecule has 1 aromatic carbocycles. The molecule has 0 aliphatic carbocycles. The van der Waals surface area contributed by atoms with Crippen molar-refractivity contribution >= 4 is 17.5 Å². The van der Waals surface area contributed by atoms with Gasteiger partial charge in [-0.3, -0.25) is 4.79 Å². The van der Waals surface area contributed by atoms with Crippen LogP contribution in [0.2, 0.25) is 5.28 Å². The SMILES string of the molecule is Cc1cnc(Cl)nc1CCc1ccccc1C(C)C(N)=O. The summed E-state index contributed by atoms with van der Waals surface area (Å²) in [5.74, 6) is -0.611. The number of nitrogens with zero attached hydrogens (tertiary/aromatic N) is 2. The monoisotopic (exact) mass is 303 g/mol. The molecule has 5 heteroatoms. The maximum absolute atomic E-state index is 11.4. The van der Waals surface area contributed by atoms with Crippen LogP contribution in [0.15, 0.2) is 30.5 Å². The van der Waals surface area contributed by atoms with E-state index in [0.717, 1.165) is 35.2 Å². The average Bonchev–Trinajstić information content (AvgIpc) is 2.47. The largest absolute Gasteiger partial charge is 0.369 e. The van der Waals surface area contributed by atoms with Gasteiger partial charge in [0.2, 0.25) is 11.2 Å². The van der Waals surface area contributed by atoms with Gasteiger partial charge in [0.15, 0.2) is 0 Å². The second-order valence-corrected chi connectivity index (χ2v) is 5.43. The average molecular weight is 304 g/mol. The van der Waals surface area contributed by atoms with Crippen molar-refractivity contribution in [3.8, 4) is 0 Å². The molecule has 0 saturated carbocycles. The molecule has 4 nitrogen and oxygen atoms in total. The number of carbonyl (C=O) groups excluding carboxylic acids is 1. The lowest BCUT2D eigenvalue weighted by atomic mass is 9.92. The molecule has 0 radical (unpaired) electrons. The van der Waals surface area contributed by atoms with Gasteiger partial charge in [0.05, 0.1) is 5.92 Å². The third-order valence-electron chi connectivity index (χ3n) is 3.63. The predicted octanol–water partition coefficient (Wildman–Crippen LogP) is 2.81. The molecule has 0 spiro atoms. The second kappa shape index (κ2) is 6.68. The summed E-state index contributed by atoms with van der Waals surface area (Å²) in [6.07, 6.45) is 3.25. The summed E-state index contributed by atoms with van der Waals surface area (Å²) in [5.41, 5.74) is 9.44. The topological polar surface area (TPSA) is 68.9 Å². The zero-order valence-corrected chi connectivity index (χ0v) is 12.9. The Balaban J connectivity index is 2.20. The Bertz CT molecular complexity index is 658. The van der Waals surface area contributed by atoms with E-state index in [4.69, 9.17) is 17.3 Å². The molecular formula is C16H18ClN3O. The highest BCUT2D eigenvalue weighted by molar-refractivity contribution is 6.28. The summed E-state index contributed by atoms with van der Waals surface area (Å²) in [5, 5.41) is 0.259. The molecule has 2 aromatic rings. The first kappa shape index (κ1) is 15.4. The summed E-state index contributed by atoms with van der Waals surface area (Å²) in [7, 11) is 0. The molecule has 0 aliphatic rings. The van der Waals surface area contributed by atoms with Crippen LogP contribution in [0.5, 0.6) is 0 Å². The highest BCUT2D eigenvalue weighted by Gasteiger charge is 2.15.